The smallest absolute Gasteiger partial charge is 0.225 e. The van der Waals surface area contributed by atoms with Crippen molar-refractivity contribution in [2.75, 3.05) is 50.7 Å². The predicted molar refractivity (Wildman–Crippen MR) is 146 cm³/mol. The molecule has 0 N–H and O–H groups in total. The maximum absolute atomic E-state index is 13.0. The third kappa shape index (κ3) is 6.71. The predicted octanol–water partition coefficient (Wildman–Crippen LogP) is 5.14. The summed E-state index contributed by atoms with van der Waals surface area (Å²) in [5.74, 6) is 0.628. The number of carbonyl (C=O) groups is 1. The minimum Gasteiger partial charge on any atom is -0.372 e. The van der Waals surface area contributed by atoms with Crippen molar-refractivity contribution in [1.29, 1.82) is 5.26 Å². The van der Waals surface area contributed by atoms with E-state index >= 15 is 0 Å². The van der Waals surface area contributed by atoms with Crippen molar-refractivity contribution < 1.29 is 9.53 Å². The number of piperazine rings is 1. The van der Waals surface area contributed by atoms with Crippen LogP contribution in [0, 0.1) is 17.2 Å². The van der Waals surface area contributed by atoms with Crippen LogP contribution in [-0.2, 0) is 16.1 Å². The van der Waals surface area contributed by atoms with Gasteiger partial charge >= 0.3 is 0 Å². The standard InChI is InChI=1S/C31H40N4O2/c32-22-25-11-13-26(14-12-25)24-37-30(28-9-6-10-29(21-28)34-15-4-5-16-34)23-33-17-19-35(20-18-33)31(36)27-7-2-1-3-8-27/h6,9-14,21,27,30H,1-5,7-8,15-20,23-24H2. The first-order valence-electron chi connectivity index (χ1n) is 14.2. The molecule has 1 aliphatic carbocycles. The second kappa shape index (κ2) is 12.6. The molecule has 3 fully saturated rings. The van der Waals surface area contributed by atoms with Crippen molar-refractivity contribution >= 4 is 11.6 Å². The van der Waals surface area contributed by atoms with Gasteiger partial charge in [-0.2, -0.15) is 5.26 Å². The summed E-state index contributed by atoms with van der Waals surface area (Å²) in [6.07, 6.45) is 8.27. The van der Waals surface area contributed by atoms with Crippen LogP contribution >= 0.6 is 0 Å². The molecule has 2 aromatic carbocycles. The molecule has 0 spiro atoms. The molecule has 3 aliphatic rings. The summed E-state index contributed by atoms with van der Waals surface area (Å²) in [6.45, 7) is 6.96. The zero-order valence-electron chi connectivity index (χ0n) is 22.0. The quantitative estimate of drug-likeness (QED) is 0.502. The van der Waals surface area contributed by atoms with Crippen LogP contribution in [0.1, 0.15) is 67.7 Å². The molecule has 1 atom stereocenters. The van der Waals surface area contributed by atoms with Crippen LogP contribution in [-0.4, -0.2) is 61.5 Å². The van der Waals surface area contributed by atoms with Crippen LogP contribution in [0.25, 0.3) is 0 Å². The lowest BCUT2D eigenvalue weighted by atomic mass is 9.88. The van der Waals surface area contributed by atoms with Gasteiger partial charge in [0.05, 0.1) is 24.3 Å². The lowest BCUT2D eigenvalue weighted by Crippen LogP contribution is -2.51. The molecule has 1 saturated carbocycles. The van der Waals surface area contributed by atoms with Gasteiger partial charge in [0.2, 0.25) is 5.91 Å². The lowest BCUT2D eigenvalue weighted by Gasteiger charge is -2.38. The topological polar surface area (TPSA) is 59.8 Å². The van der Waals surface area contributed by atoms with E-state index in [0.29, 0.717) is 18.1 Å². The number of ether oxygens (including phenoxy) is 1. The van der Waals surface area contributed by atoms with Crippen LogP contribution < -0.4 is 4.90 Å². The minimum atomic E-state index is -0.0567. The van der Waals surface area contributed by atoms with Crippen LogP contribution in [0.5, 0.6) is 0 Å². The zero-order chi connectivity index (χ0) is 25.5. The summed E-state index contributed by atoms with van der Waals surface area (Å²) in [4.78, 5) is 20.1. The maximum Gasteiger partial charge on any atom is 0.225 e. The molecular formula is C31H40N4O2. The Kier molecular flexibility index (Phi) is 8.76. The van der Waals surface area contributed by atoms with Crippen LogP contribution in [0.2, 0.25) is 0 Å². The molecule has 6 heteroatoms. The van der Waals surface area contributed by atoms with E-state index in [9.17, 15) is 4.79 Å². The Morgan fingerprint density at radius 1 is 0.919 bits per heavy atom. The average Bonchev–Trinajstić information content (AvgIpc) is 3.51. The number of carbonyl (C=O) groups excluding carboxylic acids is 1. The van der Waals surface area contributed by atoms with Gasteiger partial charge in [-0.15, -0.1) is 0 Å². The highest BCUT2D eigenvalue weighted by Gasteiger charge is 2.29. The first-order chi connectivity index (χ1) is 18.2. The number of rotatable bonds is 8. The molecule has 0 bridgehead atoms. The first-order valence-corrected chi connectivity index (χ1v) is 14.2. The Balaban J connectivity index is 1.24. The van der Waals surface area contributed by atoms with Gasteiger partial charge < -0.3 is 14.5 Å². The number of hydrogen-bond donors (Lipinski definition) is 0. The molecule has 0 radical (unpaired) electrons. The third-order valence-electron chi connectivity index (χ3n) is 8.31. The number of nitriles is 1. The van der Waals surface area contributed by atoms with Gasteiger partial charge in [0, 0.05) is 57.4 Å². The number of hydrogen-bond acceptors (Lipinski definition) is 5. The summed E-state index contributed by atoms with van der Waals surface area (Å²) in [7, 11) is 0. The van der Waals surface area contributed by atoms with Crippen LogP contribution in [0.3, 0.4) is 0 Å². The van der Waals surface area contributed by atoms with Gasteiger partial charge in [-0.1, -0.05) is 43.5 Å². The Morgan fingerprint density at radius 2 is 1.65 bits per heavy atom. The fourth-order valence-electron chi connectivity index (χ4n) is 6.02. The van der Waals surface area contributed by atoms with E-state index in [1.165, 1.54) is 43.4 Å². The molecule has 2 aliphatic heterocycles. The molecular weight excluding hydrogens is 460 g/mol. The Morgan fingerprint density at radius 3 is 2.35 bits per heavy atom. The summed E-state index contributed by atoms with van der Waals surface area (Å²) in [6, 6.07) is 18.7. The van der Waals surface area contributed by atoms with E-state index in [-0.39, 0.29) is 12.0 Å². The third-order valence-corrected chi connectivity index (χ3v) is 8.31. The van der Waals surface area contributed by atoms with E-state index < -0.39 is 0 Å². The molecule has 2 aromatic rings. The second-order valence-electron chi connectivity index (χ2n) is 10.9. The van der Waals surface area contributed by atoms with Crippen LogP contribution in [0.4, 0.5) is 5.69 Å². The molecule has 0 aromatic heterocycles. The summed E-state index contributed by atoms with van der Waals surface area (Å²) in [5.41, 5.74) is 4.23. The van der Waals surface area contributed by atoms with Crippen LogP contribution in [0.15, 0.2) is 48.5 Å². The Hall–Kier alpha value is -2.88. The molecule has 5 rings (SSSR count). The maximum atomic E-state index is 13.0. The average molecular weight is 501 g/mol. The van der Waals surface area contributed by atoms with Crippen molar-refractivity contribution in [3.05, 3.63) is 65.2 Å². The lowest BCUT2D eigenvalue weighted by molar-refractivity contribution is -0.138. The highest BCUT2D eigenvalue weighted by atomic mass is 16.5. The van der Waals surface area contributed by atoms with Crippen molar-refractivity contribution in [1.82, 2.24) is 9.80 Å². The molecule has 1 unspecified atom stereocenters. The fraction of sp³-hybridized carbons (Fsp3) is 0.548. The molecule has 37 heavy (non-hydrogen) atoms. The van der Waals surface area contributed by atoms with E-state index in [1.54, 1.807) is 0 Å². The SMILES string of the molecule is N#Cc1ccc(COC(CN2CCN(C(=O)C3CCCCC3)CC2)c2cccc(N3CCCC3)c2)cc1. The highest BCUT2D eigenvalue weighted by molar-refractivity contribution is 5.79. The van der Waals surface area contributed by atoms with Gasteiger partial charge in [0.15, 0.2) is 0 Å². The first kappa shape index (κ1) is 25.8. The monoisotopic (exact) mass is 500 g/mol. The summed E-state index contributed by atoms with van der Waals surface area (Å²) < 4.78 is 6.55. The minimum absolute atomic E-state index is 0.0567. The second-order valence-corrected chi connectivity index (χ2v) is 10.9. The number of benzene rings is 2. The zero-order valence-corrected chi connectivity index (χ0v) is 22.0. The van der Waals surface area contributed by atoms with E-state index in [1.807, 2.05) is 24.3 Å². The van der Waals surface area contributed by atoms with E-state index in [0.717, 1.165) is 64.2 Å². The molecule has 6 nitrogen and oxygen atoms in total. The van der Waals surface area contributed by atoms with Gasteiger partial charge in [0.1, 0.15) is 0 Å². The highest BCUT2D eigenvalue weighted by Crippen LogP contribution is 2.29. The van der Waals surface area contributed by atoms with Gasteiger partial charge in [-0.05, 0) is 61.1 Å². The fourth-order valence-corrected chi connectivity index (χ4v) is 6.02. The van der Waals surface area contributed by atoms with Crippen molar-refractivity contribution in [2.45, 2.75) is 57.7 Å². The van der Waals surface area contributed by atoms with Crippen molar-refractivity contribution in [3.63, 3.8) is 0 Å². The normalized spacial score (nSPS) is 20.1. The number of anilines is 1. The summed E-state index contributed by atoms with van der Waals surface area (Å²) >= 11 is 0. The molecule has 2 heterocycles. The molecule has 2 saturated heterocycles. The number of nitrogens with zero attached hydrogens (tertiary/aromatic N) is 4. The van der Waals surface area contributed by atoms with Gasteiger partial charge in [-0.25, -0.2) is 0 Å². The van der Waals surface area contributed by atoms with E-state index in [4.69, 9.17) is 10.00 Å². The summed E-state index contributed by atoms with van der Waals surface area (Å²) in [5, 5.41) is 9.11. The Labute approximate surface area is 221 Å². The molecule has 1 amide bonds. The van der Waals surface area contributed by atoms with Gasteiger partial charge in [-0.3, -0.25) is 9.69 Å². The van der Waals surface area contributed by atoms with Gasteiger partial charge in [0.25, 0.3) is 0 Å². The largest absolute Gasteiger partial charge is 0.372 e. The number of amides is 1. The van der Waals surface area contributed by atoms with E-state index in [2.05, 4.69) is 45.0 Å². The van der Waals surface area contributed by atoms with Crippen molar-refractivity contribution in [3.8, 4) is 6.07 Å². The Bertz CT molecular complexity index is 1060. The van der Waals surface area contributed by atoms with Crippen molar-refractivity contribution in [2.24, 2.45) is 5.92 Å². The molecule has 196 valence electrons.